The molecule has 0 aliphatic heterocycles. The van der Waals surface area contributed by atoms with Gasteiger partial charge in [0.15, 0.2) is 0 Å². The highest BCUT2D eigenvalue weighted by Crippen LogP contribution is 2.11. The summed E-state index contributed by atoms with van der Waals surface area (Å²) in [5.41, 5.74) is 1.78. The third-order valence-electron chi connectivity index (χ3n) is 3.14. The van der Waals surface area contributed by atoms with Crippen LogP contribution in [0.5, 0.6) is 0 Å². The van der Waals surface area contributed by atoms with E-state index in [1.54, 1.807) is 12.1 Å². The highest BCUT2D eigenvalue weighted by atomic mass is 16.4. The summed E-state index contributed by atoms with van der Waals surface area (Å²) in [7, 11) is 0. The lowest BCUT2D eigenvalue weighted by Crippen LogP contribution is -2.40. The summed E-state index contributed by atoms with van der Waals surface area (Å²) < 4.78 is 0. The molecular formula is C16H22N2O5. The van der Waals surface area contributed by atoms with E-state index in [1.165, 1.54) is 5.56 Å². The number of carbonyl (C=O) groups excluding carboxylic acids is 1. The lowest BCUT2D eigenvalue weighted by Gasteiger charge is -2.17. The van der Waals surface area contributed by atoms with Crippen LogP contribution in [0.4, 0.5) is 5.69 Å². The van der Waals surface area contributed by atoms with E-state index in [1.807, 2.05) is 12.1 Å². The van der Waals surface area contributed by atoms with Gasteiger partial charge in [0.1, 0.15) is 0 Å². The second-order valence-electron chi connectivity index (χ2n) is 5.28. The van der Waals surface area contributed by atoms with Crippen LogP contribution in [0.25, 0.3) is 0 Å². The first kappa shape index (κ1) is 18.6. The number of aliphatic carboxylic acids is 2. The zero-order valence-corrected chi connectivity index (χ0v) is 13.1. The first-order valence-corrected chi connectivity index (χ1v) is 7.45. The van der Waals surface area contributed by atoms with Crippen molar-refractivity contribution in [2.75, 3.05) is 25.0 Å². The van der Waals surface area contributed by atoms with Gasteiger partial charge in [-0.1, -0.05) is 25.5 Å². The molecule has 0 saturated heterocycles. The number of hydrogen-bond donors (Lipinski definition) is 3. The third-order valence-corrected chi connectivity index (χ3v) is 3.14. The van der Waals surface area contributed by atoms with E-state index in [9.17, 15) is 14.4 Å². The highest BCUT2D eigenvalue weighted by molar-refractivity contribution is 5.92. The molecule has 1 aromatic carbocycles. The minimum absolute atomic E-state index is 0.295. The van der Waals surface area contributed by atoms with Crippen molar-refractivity contribution >= 4 is 23.5 Å². The van der Waals surface area contributed by atoms with E-state index in [0.29, 0.717) is 5.69 Å². The van der Waals surface area contributed by atoms with Crippen LogP contribution >= 0.6 is 0 Å². The minimum atomic E-state index is -1.18. The van der Waals surface area contributed by atoms with Gasteiger partial charge >= 0.3 is 11.9 Å². The molecule has 7 nitrogen and oxygen atoms in total. The van der Waals surface area contributed by atoms with Crippen molar-refractivity contribution in [1.82, 2.24) is 4.90 Å². The van der Waals surface area contributed by atoms with Crippen LogP contribution in [-0.2, 0) is 20.8 Å². The van der Waals surface area contributed by atoms with Gasteiger partial charge < -0.3 is 15.5 Å². The van der Waals surface area contributed by atoms with Crippen LogP contribution < -0.4 is 5.32 Å². The van der Waals surface area contributed by atoms with E-state index < -0.39 is 30.9 Å². The summed E-state index contributed by atoms with van der Waals surface area (Å²) in [5, 5.41) is 20.1. The molecule has 7 heteroatoms. The number of benzene rings is 1. The largest absolute Gasteiger partial charge is 0.480 e. The van der Waals surface area contributed by atoms with E-state index in [4.69, 9.17) is 10.2 Å². The molecule has 1 aromatic rings. The van der Waals surface area contributed by atoms with Crippen molar-refractivity contribution in [2.24, 2.45) is 0 Å². The maximum Gasteiger partial charge on any atom is 0.317 e. The summed E-state index contributed by atoms with van der Waals surface area (Å²) >= 11 is 0. The first-order valence-electron chi connectivity index (χ1n) is 7.45. The van der Waals surface area contributed by atoms with E-state index in [2.05, 4.69) is 12.2 Å². The molecular weight excluding hydrogens is 300 g/mol. The molecule has 0 fully saturated rings. The monoisotopic (exact) mass is 322 g/mol. The number of aryl methyl sites for hydroxylation is 1. The van der Waals surface area contributed by atoms with Crippen molar-refractivity contribution in [1.29, 1.82) is 0 Å². The number of anilines is 1. The normalized spacial score (nSPS) is 10.5. The Labute approximate surface area is 134 Å². The number of hydrogen-bond acceptors (Lipinski definition) is 4. The number of nitrogens with one attached hydrogen (secondary N) is 1. The number of rotatable bonds is 10. The zero-order valence-electron chi connectivity index (χ0n) is 13.1. The molecule has 3 N–H and O–H groups in total. The molecule has 0 spiro atoms. The number of carbonyl (C=O) groups is 3. The van der Waals surface area contributed by atoms with E-state index >= 15 is 0 Å². The number of amides is 1. The molecule has 0 aromatic heterocycles. The van der Waals surface area contributed by atoms with E-state index in [0.717, 1.165) is 24.2 Å². The van der Waals surface area contributed by atoms with Gasteiger partial charge in [0.2, 0.25) is 5.91 Å². The lowest BCUT2D eigenvalue weighted by molar-refractivity contribution is -0.142. The smallest absolute Gasteiger partial charge is 0.317 e. The van der Waals surface area contributed by atoms with Crippen molar-refractivity contribution in [2.45, 2.75) is 26.2 Å². The quantitative estimate of drug-likeness (QED) is 0.602. The predicted molar refractivity (Wildman–Crippen MR) is 85.4 cm³/mol. The maximum atomic E-state index is 11.9. The van der Waals surface area contributed by atoms with Crippen molar-refractivity contribution in [3.8, 4) is 0 Å². The molecule has 0 radical (unpaired) electrons. The summed E-state index contributed by atoms with van der Waals surface area (Å²) in [5.74, 6) is -2.81. The summed E-state index contributed by atoms with van der Waals surface area (Å²) in [6.45, 7) is 0.816. The number of carboxylic acids is 2. The first-order chi connectivity index (χ1) is 10.9. The topological polar surface area (TPSA) is 107 Å². The third kappa shape index (κ3) is 7.96. The second kappa shape index (κ2) is 9.58. The average molecular weight is 322 g/mol. The molecule has 126 valence electrons. The Hall–Kier alpha value is -2.41. The van der Waals surface area contributed by atoms with Crippen LogP contribution in [0.2, 0.25) is 0 Å². The molecule has 0 bridgehead atoms. The number of nitrogens with zero attached hydrogens (tertiary/aromatic N) is 1. The summed E-state index contributed by atoms with van der Waals surface area (Å²) in [6.07, 6.45) is 3.20. The van der Waals surface area contributed by atoms with Crippen LogP contribution in [-0.4, -0.2) is 52.6 Å². The molecule has 0 atom stereocenters. The Morgan fingerprint density at radius 2 is 1.57 bits per heavy atom. The van der Waals surface area contributed by atoms with Crippen LogP contribution in [0.3, 0.4) is 0 Å². The molecule has 1 amide bonds. The fourth-order valence-electron chi connectivity index (χ4n) is 2.09. The molecule has 23 heavy (non-hydrogen) atoms. The predicted octanol–water partition coefficient (Wildman–Crippen LogP) is 1.44. The van der Waals surface area contributed by atoms with Crippen molar-refractivity contribution < 1.29 is 24.6 Å². The number of carboxylic acid groups (broad SMARTS) is 2. The molecule has 1 rings (SSSR count). The average Bonchev–Trinajstić information content (AvgIpc) is 2.45. The van der Waals surface area contributed by atoms with E-state index in [-0.39, 0.29) is 6.54 Å². The SMILES string of the molecule is CCCCc1ccc(NC(=O)CN(CC(=O)O)CC(=O)O)cc1. The fourth-order valence-corrected chi connectivity index (χ4v) is 2.09. The Kier molecular flexibility index (Phi) is 7.76. The Morgan fingerprint density at radius 1 is 1.00 bits per heavy atom. The fraction of sp³-hybridized carbons (Fsp3) is 0.438. The standard InChI is InChI=1S/C16H22N2O5/c1-2-3-4-12-5-7-13(8-6-12)17-14(19)9-18(10-15(20)21)11-16(22)23/h5-8H,2-4,9-11H2,1H3,(H,17,19)(H,20,21)(H,22,23). The van der Waals surface area contributed by atoms with Gasteiger partial charge in [-0.2, -0.15) is 0 Å². The van der Waals surface area contributed by atoms with Gasteiger partial charge in [-0.15, -0.1) is 0 Å². The van der Waals surface area contributed by atoms with Crippen molar-refractivity contribution in [3.05, 3.63) is 29.8 Å². The Morgan fingerprint density at radius 3 is 2.04 bits per heavy atom. The molecule has 0 aliphatic rings. The highest BCUT2D eigenvalue weighted by Gasteiger charge is 2.17. The van der Waals surface area contributed by atoms with Gasteiger partial charge in [-0.05, 0) is 30.5 Å². The Bertz CT molecular complexity index is 526. The molecule has 0 heterocycles. The molecule has 0 unspecified atom stereocenters. The van der Waals surface area contributed by atoms with Crippen LogP contribution in [0.1, 0.15) is 25.3 Å². The van der Waals surface area contributed by atoms with Gasteiger partial charge in [0, 0.05) is 5.69 Å². The second-order valence-corrected chi connectivity index (χ2v) is 5.28. The summed E-state index contributed by atoms with van der Waals surface area (Å²) in [4.78, 5) is 34.3. The van der Waals surface area contributed by atoms with Gasteiger partial charge in [-0.25, -0.2) is 0 Å². The minimum Gasteiger partial charge on any atom is -0.480 e. The van der Waals surface area contributed by atoms with Gasteiger partial charge in [0.05, 0.1) is 19.6 Å². The molecule has 0 aliphatic carbocycles. The van der Waals surface area contributed by atoms with Crippen LogP contribution in [0.15, 0.2) is 24.3 Å². The van der Waals surface area contributed by atoms with Crippen LogP contribution in [0, 0.1) is 0 Å². The molecule has 0 saturated carbocycles. The number of unbranched alkanes of at least 4 members (excludes halogenated alkanes) is 1. The zero-order chi connectivity index (χ0) is 17.2. The van der Waals surface area contributed by atoms with Gasteiger partial charge in [0.25, 0.3) is 0 Å². The Balaban J connectivity index is 2.56. The summed E-state index contributed by atoms with van der Waals surface area (Å²) in [6, 6.07) is 7.42. The lowest BCUT2D eigenvalue weighted by atomic mass is 10.1. The van der Waals surface area contributed by atoms with Gasteiger partial charge in [-0.3, -0.25) is 19.3 Å². The van der Waals surface area contributed by atoms with Crippen molar-refractivity contribution in [3.63, 3.8) is 0 Å². The maximum absolute atomic E-state index is 11.9.